The van der Waals surface area contributed by atoms with Crippen LogP contribution in [0.4, 0.5) is 5.69 Å². The first-order valence-electron chi connectivity index (χ1n) is 12.2. The van der Waals surface area contributed by atoms with Gasteiger partial charge in [0.2, 0.25) is 0 Å². The van der Waals surface area contributed by atoms with E-state index in [9.17, 15) is 9.59 Å². The van der Waals surface area contributed by atoms with Crippen LogP contribution in [0.25, 0.3) is 17.2 Å². The van der Waals surface area contributed by atoms with Crippen molar-refractivity contribution in [2.45, 2.75) is 33.1 Å². The van der Waals surface area contributed by atoms with Gasteiger partial charge >= 0.3 is 5.97 Å². The van der Waals surface area contributed by atoms with Crippen LogP contribution < -0.4 is 5.73 Å². The minimum absolute atomic E-state index is 0.133. The van der Waals surface area contributed by atoms with Crippen LogP contribution in [0.5, 0.6) is 0 Å². The number of nitrogens with zero attached hydrogens (tertiary/aromatic N) is 2. The number of aliphatic imine (C=N–C) groups is 1. The molecule has 2 aliphatic heterocycles. The number of carbonyl (C=O) groups excluding carboxylic acids is 1. The molecule has 3 aromatic carbocycles. The molecule has 0 unspecified atom stereocenters. The molecule has 1 fully saturated rings. The van der Waals surface area contributed by atoms with Crippen LogP contribution in [-0.2, 0) is 0 Å². The number of carbonyl (C=O) groups is 2. The van der Waals surface area contributed by atoms with Gasteiger partial charge < -0.3 is 15.7 Å². The third-order valence-corrected chi connectivity index (χ3v) is 6.39. The van der Waals surface area contributed by atoms with E-state index >= 15 is 0 Å². The molecular weight excluding hydrogens is 450 g/mol. The van der Waals surface area contributed by atoms with E-state index in [0.29, 0.717) is 17.8 Å². The van der Waals surface area contributed by atoms with Gasteiger partial charge in [-0.2, -0.15) is 0 Å². The van der Waals surface area contributed by atoms with Crippen molar-refractivity contribution in [1.82, 2.24) is 4.90 Å². The van der Waals surface area contributed by atoms with Crippen LogP contribution >= 0.6 is 0 Å². The molecule has 6 heteroatoms. The summed E-state index contributed by atoms with van der Waals surface area (Å²) < 4.78 is 0. The molecule has 0 aromatic heterocycles. The average Bonchev–Trinajstić information content (AvgIpc) is 3.33. The number of hydrogen-bond donors (Lipinski definition) is 2. The highest BCUT2D eigenvalue weighted by molar-refractivity contribution is 5.95. The molecule has 2 aliphatic rings. The number of carboxylic acid groups (broad SMARTS) is 1. The SMILES string of the molecule is Cc1ccc(C(=O)O)c(C)c1.NC1=Nc2cc(-c3ccc(C(=O)N4CCCC4)cc3)ccc2C=CC1. The fourth-order valence-corrected chi connectivity index (χ4v) is 4.43. The highest BCUT2D eigenvalue weighted by Crippen LogP contribution is 2.30. The largest absolute Gasteiger partial charge is 0.478 e. The molecule has 0 spiro atoms. The Kier molecular flexibility index (Phi) is 7.64. The lowest BCUT2D eigenvalue weighted by Gasteiger charge is -2.15. The number of aromatic carboxylic acids is 1. The molecule has 0 atom stereocenters. The van der Waals surface area contributed by atoms with Crippen LogP contribution in [0.1, 0.15) is 56.7 Å². The smallest absolute Gasteiger partial charge is 0.335 e. The van der Waals surface area contributed by atoms with Crippen LogP contribution in [0.3, 0.4) is 0 Å². The van der Waals surface area contributed by atoms with Gasteiger partial charge in [0.1, 0.15) is 5.84 Å². The van der Waals surface area contributed by atoms with Crippen molar-refractivity contribution in [2.24, 2.45) is 10.7 Å². The number of aryl methyl sites for hydroxylation is 2. The van der Waals surface area contributed by atoms with Crippen molar-refractivity contribution in [2.75, 3.05) is 13.1 Å². The molecular formula is C30H31N3O3. The van der Waals surface area contributed by atoms with Gasteiger partial charge in [0.25, 0.3) is 5.91 Å². The number of fused-ring (bicyclic) bond motifs is 1. The van der Waals surface area contributed by atoms with E-state index in [2.05, 4.69) is 29.3 Å². The van der Waals surface area contributed by atoms with Crippen molar-refractivity contribution in [3.8, 4) is 11.1 Å². The van der Waals surface area contributed by atoms with Crippen molar-refractivity contribution in [3.63, 3.8) is 0 Å². The minimum Gasteiger partial charge on any atom is -0.478 e. The Morgan fingerprint density at radius 1 is 0.917 bits per heavy atom. The van der Waals surface area contributed by atoms with Crippen molar-refractivity contribution in [1.29, 1.82) is 0 Å². The second kappa shape index (κ2) is 11.0. The summed E-state index contributed by atoms with van der Waals surface area (Å²) in [4.78, 5) is 29.4. The molecule has 3 aromatic rings. The Bertz CT molecular complexity index is 1330. The first-order valence-corrected chi connectivity index (χ1v) is 12.2. The lowest BCUT2D eigenvalue weighted by molar-refractivity contribution is 0.0695. The summed E-state index contributed by atoms with van der Waals surface area (Å²) in [7, 11) is 0. The summed E-state index contributed by atoms with van der Waals surface area (Å²) >= 11 is 0. The van der Waals surface area contributed by atoms with E-state index in [1.165, 1.54) is 0 Å². The molecule has 1 saturated heterocycles. The normalized spacial score (nSPS) is 14.3. The summed E-state index contributed by atoms with van der Waals surface area (Å²) in [5.41, 5.74) is 13.1. The Balaban J connectivity index is 0.000000233. The van der Waals surface area contributed by atoms with Gasteiger partial charge in [-0.05, 0) is 73.2 Å². The van der Waals surface area contributed by atoms with Crippen molar-refractivity contribution in [3.05, 3.63) is 94.6 Å². The van der Waals surface area contributed by atoms with E-state index < -0.39 is 5.97 Å². The highest BCUT2D eigenvalue weighted by Gasteiger charge is 2.19. The van der Waals surface area contributed by atoms with Crippen LogP contribution in [0.15, 0.2) is 71.7 Å². The zero-order chi connectivity index (χ0) is 25.7. The van der Waals surface area contributed by atoms with Crippen LogP contribution in [0, 0.1) is 13.8 Å². The molecule has 1 amide bonds. The fraction of sp³-hybridized carbons (Fsp3) is 0.233. The zero-order valence-electron chi connectivity index (χ0n) is 20.7. The molecule has 2 heterocycles. The molecule has 3 N–H and O–H groups in total. The van der Waals surface area contributed by atoms with E-state index in [4.69, 9.17) is 10.8 Å². The van der Waals surface area contributed by atoms with Gasteiger partial charge in [-0.25, -0.2) is 9.79 Å². The quantitative estimate of drug-likeness (QED) is 0.480. The van der Waals surface area contributed by atoms with Crippen LogP contribution in [-0.4, -0.2) is 40.8 Å². The van der Waals surface area contributed by atoms with E-state index in [1.807, 2.05) is 48.2 Å². The second-order valence-electron chi connectivity index (χ2n) is 9.18. The molecule has 0 aliphatic carbocycles. The monoisotopic (exact) mass is 481 g/mol. The predicted octanol–water partition coefficient (Wildman–Crippen LogP) is 6.00. The van der Waals surface area contributed by atoms with Gasteiger partial charge in [-0.15, -0.1) is 0 Å². The van der Waals surface area contributed by atoms with E-state index in [1.54, 1.807) is 19.1 Å². The maximum atomic E-state index is 12.4. The number of amidine groups is 1. The van der Waals surface area contributed by atoms with Gasteiger partial charge in [0, 0.05) is 25.1 Å². The van der Waals surface area contributed by atoms with Crippen molar-refractivity contribution < 1.29 is 14.7 Å². The van der Waals surface area contributed by atoms with E-state index in [-0.39, 0.29) is 5.91 Å². The summed E-state index contributed by atoms with van der Waals surface area (Å²) in [6.45, 7) is 5.49. The minimum atomic E-state index is -0.859. The summed E-state index contributed by atoms with van der Waals surface area (Å²) in [6.07, 6.45) is 6.98. The van der Waals surface area contributed by atoms with E-state index in [0.717, 1.165) is 65.0 Å². The number of likely N-dealkylation sites (tertiary alicyclic amines) is 1. The molecule has 0 bridgehead atoms. The van der Waals surface area contributed by atoms with Gasteiger partial charge in [-0.1, -0.05) is 54.1 Å². The third-order valence-electron chi connectivity index (χ3n) is 6.39. The number of carboxylic acids is 1. The molecule has 184 valence electrons. The number of rotatable bonds is 3. The fourth-order valence-electron chi connectivity index (χ4n) is 4.43. The van der Waals surface area contributed by atoms with Gasteiger partial charge in [-0.3, -0.25) is 4.79 Å². The van der Waals surface area contributed by atoms with Crippen molar-refractivity contribution >= 4 is 29.5 Å². The first kappa shape index (κ1) is 24.9. The molecule has 0 radical (unpaired) electrons. The standard InChI is InChI=1S/C21H21N3O.C9H10O2/c22-20-5-3-4-16-8-11-18(14-19(16)23-20)15-6-9-17(10-7-15)21(25)24-12-1-2-13-24;1-6-3-4-8(9(10)11)7(2)5-6/h3-4,6-11,14H,1-2,5,12-13H2,(H2,22,23);3-5H,1-2H3,(H,10,11). The third kappa shape index (κ3) is 5.89. The topological polar surface area (TPSA) is 96.0 Å². The van der Waals surface area contributed by atoms with Gasteiger partial charge in [0.05, 0.1) is 11.3 Å². The Morgan fingerprint density at radius 3 is 2.28 bits per heavy atom. The Labute approximate surface area is 211 Å². The number of benzene rings is 3. The maximum absolute atomic E-state index is 12.4. The first-order chi connectivity index (χ1) is 17.3. The maximum Gasteiger partial charge on any atom is 0.335 e. The zero-order valence-corrected chi connectivity index (χ0v) is 20.7. The molecule has 6 nitrogen and oxygen atoms in total. The lowest BCUT2D eigenvalue weighted by atomic mass is 10.0. The lowest BCUT2D eigenvalue weighted by Crippen LogP contribution is -2.27. The number of nitrogens with two attached hydrogens (primary N) is 1. The Hall–Kier alpha value is -4.19. The molecule has 36 heavy (non-hydrogen) atoms. The number of hydrogen-bond acceptors (Lipinski definition) is 4. The predicted molar refractivity (Wildman–Crippen MR) is 145 cm³/mol. The highest BCUT2D eigenvalue weighted by atomic mass is 16.4. The Morgan fingerprint density at radius 2 is 1.61 bits per heavy atom. The molecule has 5 rings (SSSR count). The molecule has 0 saturated carbocycles. The second-order valence-corrected chi connectivity index (χ2v) is 9.18. The summed E-state index contributed by atoms with van der Waals surface area (Å²) in [5.74, 6) is -0.102. The summed E-state index contributed by atoms with van der Waals surface area (Å²) in [6, 6.07) is 19.3. The van der Waals surface area contributed by atoms with Gasteiger partial charge in [0.15, 0.2) is 0 Å². The summed E-state index contributed by atoms with van der Waals surface area (Å²) in [5, 5.41) is 8.66. The number of amides is 1. The average molecular weight is 482 g/mol. The van der Waals surface area contributed by atoms with Crippen LogP contribution in [0.2, 0.25) is 0 Å².